The van der Waals surface area contributed by atoms with Gasteiger partial charge in [-0.25, -0.2) is 0 Å². The van der Waals surface area contributed by atoms with Gasteiger partial charge in [-0.15, -0.1) is 0 Å². The van der Waals surface area contributed by atoms with E-state index < -0.39 is 0 Å². The lowest BCUT2D eigenvalue weighted by molar-refractivity contribution is 0.100. The quantitative estimate of drug-likeness (QED) is 0.737. The number of para-hydroxylation sites is 1. The summed E-state index contributed by atoms with van der Waals surface area (Å²) >= 11 is 6.34. The highest BCUT2D eigenvalue weighted by Gasteiger charge is 2.23. The number of ether oxygens (including phenoxy) is 3. The predicted molar refractivity (Wildman–Crippen MR) is 98.0 cm³/mol. The first-order valence-corrected chi connectivity index (χ1v) is 8.38. The Morgan fingerprint density at radius 3 is 2.72 bits per heavy atom. The molecule has 0 atom stereocenters. The molecule has 0 amide bonds. The third kappa shape index (κ3) is 3.64. The maximum Gasteiger partial charge on any atom is 0.196 e. The average molecular weight is 359 g/mol. The summed E-state index contributed by atoms with van der Waals surface area (Å²) in [5, 5.41) is 0.435. The number of fused-ring (bicyclic) bond motifs is 1. The summed E-state index contributed by atoms with van der Waals surface area (Å²) in [5.74, 6) is 1.59. The lowest BCUT2D eigenvalue weighted by Crippen LogP contribution is -2.18. The molecule has 0 spiro atoms. The number of benzene rings is 2. The molecule has 130 valence electrons. The van der Waals surface area contributed by atoms with Crippen LogP contribution in [0.15, 0.2) is 42.0 Å². The Balaban J connectivity index is 1.97. The van der Waals surface area contributed by atoms with Crippen molar-refractivity contribution in [1.82, 2.24) is 0 Å². The van der Waals surface area contributed by atoms with Gasteiger partial charge in [0.15, 0.2) is 17.3 Å². The van der Waals surface area contributed by atoms with Crippen LogP contribution in [0.4, 0.5) is 0 Å². The van der Waals surface area contributed by atoms with Crippen LogP contribution in [0.5, 0.6) is 17.2 Å². The van der Waals surface area contributed by atoms with E-state index in [1.165, 1.54) is 0 Å². The minimum Gasteiger partial charge on any atom is -0.493 e. The second-order valence-electron chi connectivity index (χ2n) is 5.98. The van der Waals surface area contributed by atoms with E-state index in [1.54, 1.807) is 37.5 Å². The number of ketones is 1. The van der Waals surface area contributed by atoms with Crippen LogP contribution in [0.2, 0.25) is 5.02 Å². The van der Waals surface area contributed by atoms with Crippen molar-refractivity contribution in [1.29, 1.82) is 0 Å². The second kappa shape index (κ2) is 7.19. The molecule has 0 saturated heterocycles. The number of carbonyl (C=O) groups is 1. The standard InChI is InChI=1S/C20H19ClO4/c1-12(2)25-20-16(21)9-13(10-18(20)23-3)8-14-11-24-17-7-5-4-6-15(17)19(14)22/h4-10,12H,11H2,1-3H3. The minimum absolute atomic E-state index is 0.0274. The Bertz CT molecular complexity index is 840. The molecule has 2 aromatic rings. The smallest absolute Gasteiger partial charge is 0.196 e. The number of rotatable bonds is 4. The molecule has 2 aromatic carbocycles. The molecule has 0 saturated carbocycles. The molecule has 0 radical (unpaired) electrons. The number of halogens is 1. The molecular weight excluding hydrogens is 340 g/mol. The summed E-state index contributed by atoms with van der Waals surface area (Å²) in [6.45, 7) is 4.06. The predicted octanol–water partition coefficient (Wildman–Crippen LogP) is 4.79. The molecule has 0 bridgehead atoms. The van der Waals surface area contributed by atoms with Crippen LogP contribution in [0.1, 0.15) is 29.8 Å². The first-order chi connectivity index (χ1) is 12.0. The van der Waals surface area contributed by atoms with Crippen LogP contribution in [0.25, 0.3) is 6.08 Å². The van der Waals surface area contributed by atoms with E-state index in [9.17, 15) is 4.79 Å². The Morgan fingerprint density at radius 1 is 1.24 bits per heavy atom. The zero-order valence-corrected chi connectivity index (χ0v) is 15.1. The molecule has 1 heterocycles. The van der Waals surface area contributed by atoms with Gasteiger partial charge in [-0.1, -0.05) is 23.7 Å². The largest absolute Gasteiger partial charge is 0.493 e. The summed E-state index contributed by atoms with van der Waals surface area (Å²) in [4.78, 5) is 12.6. The molecule has 4 nitrogen and oxygen atoms in total. The van der Waals surface area contributed by atoms with E-state index in [0.717, 1.165) is 5.56 Å². The zero-order chi connectivity index (χ0) is 18.0. The van der Waals surface area contributed by atoms with E-state index >= 15 is 0 Å². The summed E-state index contributed by atoms with van der Waals surface area (Å²) in [6, 6.07) is 10.8. The van der Waals surface area contributed by atoms with Crippen LogP contribution >= 0.6 is 11.6 Å². The molecule has 0 aliphatic carbocycles. The Kier molecular flexibility index (Phi) is 5.00. The molecule has 3 rings (SSSR count). The topological polar surface area (TPSA) is 44.8 Å². The van der Waals surface area contributed by atoms with Crippen molar-refractivity contribution in [3.05, 3.63) is 58.1 Å². The zero-order valence-electron chi connectivity index (χ0n) is 14.3. The van der Waals surface area contributed by atoms with E-state index in [0.29, 0.717) is 33.4 Å². The van der Waals surface area contributed by atoms with E-state index in [1.807, 2.05) is 26.0 Å². The lowest BCUT2D eigenvalue weighted by Gasteiger charge is -2.19. The lowest BCUT2D eigenvalue weighted by atomic mass is 9.98. The fourth-order valence-electron chi connectivity index (χ4n) is 2.66. The van der Waals surface area contributed by atoms with Gasteiger partial charge in [0.25, 0.3) is 0 Å². The maximum atomic E-state index is 12.6. The first-order valence-electron chi connectivity index (χ1n) is 8.01. The highest BCUT2D eigenvalue weighted by atomic mass is 35.5. The molecule has 0 unspecified atom stereocenters. The van der Waals surface area contributed by atoms with Crippen molar-refractivity contribution >= 4 is 23.5 Å². The number of hydrogen-bond acceptors (Lipinski definition) is 4. The highest BCUT2D eigenvalue weighted by molar-refractivity contribution is 6.32. The molecule has 5 heteroatoms. The number of methoxy groups -OCH3 is 1. The minimum atomic E-state index is -0.0422. The van der Waals surface area contributed by atoms with Crippen molar-refractivity contribution in [2.75, 3.05) is 13.7 Å². The highest BCUT2D eigenvalue weighted by Crippen LogP contribution is 2.38. The van der Waals surface area contributed by atoms with E-state index in [2.05, 4.69) is 0 Å². The number of hydrogen-bond donors (Lipinski definition) is 0. The molecular formula is C20H19ClO4. The van der Waals surface area contributed by atoms with Gasteiger partial charge in [0.2, 0.25) is 0 Å². The molecule has 25 heavy (non-hydrogen) atoms. The molecule has 0 N–H and O–H groups in total. The van der Waals surface area contributed by atoms with Crippen LogP contribution < -0.4 is 14.2 Å². The van der Waals surface area contributed by atoms with Crippen LogP contribution in [0, 0.1) is 0 Å². The normalized spacial score (nSPS) is 15.1. The summed E-state index contributed by atoms with van der Waals surface area (Å²) < 4.78 is 16.8. The maximum absolute atomic E-state index is 12.6. The average Bonchev–Trinajstić information content (AvgIpc) is 2.59. The summed E-state index contributed by atoms with van der Waals surface area (Å²) in [6.07, 6.45) is 1.74. The Morgan fingerprint density at radius 2 is 2.00 bits per heavy atom. The summed E-state index contributed by atoms with van der Waals surface area (Å²) in [7, 11) is 1.56. The number of Topliss-reactive ketones (excluding diaryl/α,β-unsaturated/α-hetero) is 1. The van der Waals surface area contributed by atoms with Crippen molar-refractivity contribution < 1.29 is 19.0 Å². The van der Waals surface area contributed by atoms with Crippen molar-refractivity contribution in [3.8, 4) is 17.2 Å². The van der Waals surface area contributed by atoms with Crippen molar-refractivity contribution in [2.24, 2.45) is 0 Å². The third-order valence-corrected chi connectivity index (χ3v) is 4.03. The van der Waals surface area contributed by atoms with Crippen LogP contribution in [0.3, 0.4) is 0 Å². The molecule has 0 aromatic heterocycles. The summed E-state index contributed by atoms with van der Waals surface area (Å²) in [5.41, 5.74) is 1.89. The van der Waals surface area contributed by atoms with Gasteiger partial charge in [0.05, 0.1) is 23.8 Å². The SMILES string of the molecule is COc1cc(C=C2COc3ccccc3C2=O)cc(Cl)c1OC(C)C. The van der Waals surface area contributed by atoms with E-state index in [-0.39, 0.29) is 18.5 Å². The third-order valence-electron chi connectivity index (χ3n) is 3.75. The van der Waals surface area contributed by atoms with Crippen LogP contribution in [-0.2, 0) is 0 Å². The van der Waals surface area contributed by atoms with Crippen LogP contribution in [-0.4, -0.2) is 25.6 Å². The van der Waals surface area contributed by atoms with Gasteiger partial charge in [-0.2, -0.15) is 0 Å². The van der Waals surface area contributed by atoms with Crippen molar-refractivity contribution in [3.63, 3.8) is 0 Å². The van der Waals surface area contributed by atoms with E-state index in [4.69, 9.17) is 25.8 Å². The van der Waals surface area contributed by atoms with Crippen molar-refractivity contribution in [2.45, 2.75) is 20.0 Å². The second-order valence-corrected chi connectivity index (χ2v) is 6.39. The monoisotopic (exact) mass is 358 g/mol. The Hall–Kier alpha value is -2.46. The first kappa shape index (κ1) is 17.4. The van der Waals surface area contributed by atoms with Gasteiger partial charge in [-0.3, -0.25) is 4.79 Å². The fraction of sp³-hybridized carbons (Fsp3) is 0.250. The van der Waals surface area contributed by atoms with Gasteiger partial charge in [-0.05, 0) is 49.8 Å². The van der Waals surface area contributed by atoms with Gasteiger partial charge in [0.1, 0.15) is 12.4 Å². The van der Waals surface area contributed by atoms with Gasteiger partial charge in [0, 0.05) is 5.57 Å². The molecule has 0 fully saturated rings. The Labute approximate surface area is 152 Å². The van der Waals surface area contributed by atoms with Gasteiger partial charge < -0.3 is 14.2 Å². The van der Waals surface area contributed by atoms with Gasteiger partial charge >= 0.3 is 0 Å². The molecule has 1 aliphatic rings. The number of carbonyl (C=O) groups excluding carboxylic acids is 1. The molecule has 1 aliphatic heterocycles. The fourth-order valence-corrected chi connectivity index (χ4v) is 2.92.